The molecule has 1 atom stereocenters. The Labute approximate surface area is 140 Å². The van der Waals surface area contributed by atoms with E-state index in [0.29, 0.717) is 23.5 Å². The third-order valence-corrected chi connectivity index (χ3v) is 4.34. The van der Waals surface area contributed by atoms with Crippen molar-refractivity contribution in [2.75, 3.05) is 20.6 Å². The summed E-state index contributed by atoms with van der Waals surface area (Å²) in [6, 6.07) is 1.56. The van der Waals surface area contributed by atoms with Crippen molar-refractivity contribution in [1.29, 1.82) is 0 Å². The van der Waals surface area contributed by atoms with E-state index in [0.717, 1.165) is 19.4 Å². The molecule has 0 aliphatic carbocycles. The van der Waals surface area contributed by atoms with E-state index in [1.54, 1.807) is 35.9 Å². The molecule has 128 valence electrons. The van der Waals surface area contributed by atoms with E-state index in [4.69, 9.17) is 0 Å². The highest BCUT2D eigenvalue weighted by Crippen LogP contribution is 2.33. The van der Waals surface area contributed by atoms with Crippen LogP contribution in [0.25, 0.3) is 0 Å². The summed E-state index contributed by atoms with van der Waals surface area (Å²) in [5, 5.41) is 11.2. The van der Waals surface area contributed by atoms with Gasteiger partial charge in [0.1, 0.15) is 5.69 Å². The fourth-order valence-corrected chi connectivity index (χ4v) is 3.07. The monoisotopic (exact) mass is 330 g/mol. The summed E-state index contributed by atoms with van der Waals surface area (Å²) in [5.74, 6) is -0.226. The molecule has 0 aromatic carbocycles. The fourth-order valence-electron chi connectivity index (χ4n) is 3.07. The second-order valence-electron chi connectivity index (χ2n) is 6.11. The topological polar surface area (TPSA) is 87.1 Å². The highest BCUT2D eigenvalue weighted by Gasteiger charge is 2.35. The van der Waals surface area contributed by atoms with Crippen molar-refractivity contribution in [3.05, 3.63) is 35.4 Å². The molecule has 0 bridgehead atoms. The maximum Gasteiger partial charge on any atom is 0.274 e. The van der Waals surface area contributed by atoms with E-state index in [-0.39, 0.29) is 17.9 Å². The van der Waals surface area contributed by atoms with Crippen molar-refractivity contribution >= 4 is 11.8 Å². The molecule has 1 aliphatic rings. The standard InChI is InChI=1S/C16H22N6O2/c1-4-21-9-7-12(19-21)16(24)22-8-5-6-13(22)14-11(10-17-18-14)15(23)20(2)3/h7,9-10,13H,4-6,8H2,1-3H3,(H,17,18). The Morgan fingerprint density at radius 3 is 2.88 bits per heavy atom. The quantitative estimate of drug-likeness (QED) is 0.915. The average Bonchev–Trinajstić information content (AvgIpc) is 3.31. The number of rotatable bonds is 4. The summed E-state index contributed by atoms with van der Waals surface area (Å²) in [4.78, 5) is 28.4. The number of aromatic amines is 1. The first kappa shape index (κ1) is 16.2. The van der Waals surface area contributed by atoms with Gasteiger partial charge in [0, 0.05) is 33.4 Å². The van der Waals surface area contributed by atoms with Gasteiger partial charge < -0.3 is 9.80 Å². The molecule has 2 aromatic heterocycles. The van der Waals surface area contributed by atoms with Crippen LogP contribution in [0.15, 0.2) is 18.5 Å². The molecule has 0 saturated carbocycles. The molecule has 2 aromatic rings. The zero-order chi connectivity index (χ0) is 17.3. The maximum atomic E-state index is 12.8. The number of aryl methyl sites for hydroxylation is 1. The summed E-state index contributed by atoms with van der Waals surface area (Å²) >= 11 is 0. The van der Waals surface area contributed by atoms with E-state index in [1.165, 1.54) is 11.1 Å². The Balaban J connectivity index is 1.87. The van der Waals surface area contributed by atoms with Gasteiger partial charge >= 0.3 is 0 Å². The van der Waals surface area contributed by atoms with Crippen LogP contribution in [-0.4, -0.2) is 62.2 Å². The molecular formula is C16H22N6O2. The number of H-pyrrole nitrogens is 1. The van der Waals surface area contributed by atoms with Crippen molar-refractivity contribution < 1.29 is 9.59 Å². The zero-order valence-corrected chi connectivity index (χ0v) is 14.2. The molecular weight excluding hydrogens is 308 g/mol. The number of carbonyl (C=O) groups is 2. The minimum atomic E-state index is -0.175. The van der Waals surface area contributed by atoms with Gasteiger partial charge in [-0.05, 0) is 25.8 Å². The Kier molecular flexibility index (Phi) is 4.37. The summed E-state index contributed by atoms with van der Waals surface area (Å²) < 4.78 is 1.73. The second kappa shape index (κ2) is 6.46. The Morgan fingerprint density at radius 2 is 2.21 bits per heavy atom. The van der Waals surface area contributed by atoms with E-state index in [9.17, 15) is 9.59 Å². The van der Waals surface area contributed by atoms with Gasteiger partial charge in [-0.1, -0.05) is 0 Å². The molecule has 1 saturated heterocycles. The van der Waals surface area contributed by atoms with Crippen LogP contribution >= 0.6 is 0 Å². The van der Waals surface area contributed by atoms with Gasteiger partial charge in [0.05, 0.1) is 23.5 Å². The molecule has 1 N–H and O–H groups in total. The summed E-state index contributed by atoms with van der Waals surface area (Å²) in [7, 11) is 3.40. The van der Waals surface area contributed by atoms with Crippen LogP contribution in [0.4, 0.5) is 0 Å². The molecule has 24 heavy (non-hydrogen) atoms. The number of amides is 2. The van der Waals surface area contributed by atoms with Crippen molar-refractivity contribution in [3.8, 4) is 0 Å². The van der Waals surface area contributed by atoms with Gasteiger partial charge in [-0.25, -0.2) is 0 Å². The van der Waals surface area contributed by atoms with Crippen molar-refractivity contribution in [2.24, 2.45) is 0 Å². The molecule has 8 heteroatoms. The van der Waals surface area contributed by atoms with Gasteiger partial charge in [-0.2, -0.15) is 10.2 Å². The van der Waals surface area contributed by atoms with Crippen molar-refractivity contribution in [3.63, 3.8) is 0 Å². The highest BCUT2D eigenvalue weighted by atomic mass is 16.2. The van der Waals surface area contributed by atoms with Crippen molar-refractivity contribution in [2.45, 2.75) is 32.4 Å². The zero-order valence-electron chi connectivity index (χ0n) is 14.2. The third kappa shape index (κ3) is 2.79. The lowest BCUT2D eigenvalue weighted by atomic mass is 10.1. The van der Waals surface area contributed by atoms with Crippen LogP contribution in [0.1, 0.15) is 52.3 Å². The van der Waals surface area contributed by atoms with Crippen LogP contribution in [0, 0.1) is 0 Å². The van der Waals surface area contributed by atoms with Crippen molar-refractivity contribution in [1.82, 2.24) is 29.8 Å². The molecule has 1 fully saturated rings. The Bertz CT molecular complexity index is 747. The van der Waals surface area contributed by atoms with E-state index in [1.807, 2.05) is 6.92 Å². The first-order valence-corrected chi connectivity index (χ1v) is 8.12. The number of likely N-dealkylation sites (tertiary alicyclic amines) is 1. The van der Waals surface area contributed by atoms with Crippen LogP contribution in [0.3, 0.4) is 0 Å². The summed E-state index contributed by atoms with van der Waals surface area (Å²) in [5.41, 5.74) is 1.65. The first-order valence-electron chi connectivity index (χ1n) is 8.12. The largest absolute Gasteiger partial charge is 0.345 e. The van der Waals surface area contributed by atoms with Crippen LogP contribution < -0.4 is 0 Å². The third-order valence-electron chi connectivity index (χ3n) is 4.34. The number of hydrogen-bond acceptors (Lipinski definition) is 4. The molecule has 1 unspecified atom stereocenters. The number of hydrogen-bond donors (Lipinski definition) is 1. The highest BCUT2D eigenvalue weighted by molar-refractivity contribution is 5.96. The minimum absolute atomic E-state index is 0.109. The van der Waals surface area contributed by atoms with Gasteiger partial charge in [0.15, 0.2) is 0 Å². The van der Waals surface area contributed by atoms with Gasteiger partial charge in [0.25, 0.3) is 11.8 Å². The SMILES string of the molecule is CCn1ccc(C(=O)N2CCCC2c2[nH]ncc2C(=O)N(C)C)n1. The molecule has 0 radical (unpaired) electrons. The number of nitrogens with one attached hydrogen (secondary N) is 1. The average molecular weight is 330 g/mol. The Morgan fingerprint density at radius 1 is 1.42 bits per heavy atom. The maximum absolute atomic E-state index is 12.8. The lowest BCUT2D eigenvalue weighted by Gasteiger charge is -2.24. The lowest BCUT2D eigenvalue weighted by molar-refractivity contribution is 0.0718. The molecule has 3 rings (SSSR count). The lowest BCUT2D eigenvalue weighted by Crippen LogP contribution is -2.32. The minimum Gasteiger partial charge on any atom is -0.345 e. The van der Waals surface area contributed by atoms with Gasteiger partial charge in [0.2, 0.25) is 0 Å². The van der Waals surface area contributed by atoms with E-state index < -0.39 is 0 Å². The Hall–Kier alpha value is -2.64. The van der Waals surface area contributed by atoms with E-state index in [2.05, 4.69) is 15.3 Å². The normalized spacial score (nSPS) is 17.3. The second-order valence-corrected chi connectivity index (χ2v) is 6.11. The summed E-state index contributed by atoms with van der Waals surface area (Å²) in [6.45, 7) is 3.35. The predicted molar refractivity (Wildman–Crippen MR) is 87.5 cm³/mol. The van der Waals surface area contributed by atoms with Crippen LogP contribution in [-0.2, 0) is 6.54 Å². The molecule has 0 spiro atoms. The fraction of sp³-hybridized carbons (Fsp3) is 0.500. The molecule has 8 nitrogen and oxygen atoms in total. The van der Waals surface area contributed by atoms with Crippen LogP contribution in [0.2, 0.25) is 0 Å². The molecule has 3 heterocycles. The van der Waals surface area contributed by atoms with Crippen LogP contribution in [0.5, 0.6) is 0 Å². The van der Waals surface area contributed by atoms with Gasteiger partial charge in [-0.3, -0.25) is 19.4 Å². The first-order chi connectivity index (χ1) is 11.5. The predicted octanol–water partition coefficient (Wildman–Crippen LogP) is 1.31. The molecule has 1 aliphatic heterocycles. The summed E-state index contributed by atoms with van der Waals surface area (Å²) in [6.07, 6.45) is 5.02. The van der Waals surface area contributed by atoms with E-state index >= 15 is 0 Å². The van der Waals surface area contributed by atoms with Gasteiger partial charge in [-0.15, -0.1) is 0 Å². The smallest absolute Gasteiger partial charge is 0.274 e. The molecule has 2 amide bonds. The number of carbonyl (C=O) groups excluding carboxylic acids is 2. The number of aromatic nitrogens is 4. The number of nitrogens with zero attached hydrogens (tertiary/aromatic N) is 5.